The zero-order chi connectivity index (χ0) is 16.3. The highest BCUT2D eigenvalue weighted by Gasteiger charge is 2.49. The maximum absolute atomic E-state index is 12.3. The normalized spacial score (nSPS) is 21.7. The summed E-state index contributed by atoms with van der Waals surface area (Å²) in [6.45, 7) is 5.59. The van der Waals surface area contributed by atoms with Crippen LogP contribution in [0.1, 0.15) is 44.0 Å². The van der Waals surface area contributed by atoms with E-state index >= 15 is 0 Å². The van der Waals surface area contributed by atoms with Gasteiger partial charge in [-0.15, -0.1) is 24.8 Å². The Hall–Kier alpha value is -0.820. The van der Waals surface area contributed by atoms with Crippen LogP contribution in [0, 0.1) is 5.41 Å². The third-order valence-corrected chi connectivity index (χ3v) is 5.03. The number of ether oxygens (including phenoxy) is 1. The molecule has 2 fully saturated rings. The summed E-state index contributed by atoms with van der Waals surface area (Å²) in [6.07, 6.45) is 4.82. The van der Waals surface area contributed by atoms with E-state index < -0.39 is 0 Å². The van der Waals surface area contributed by atoms with Crippen molar-refractivity contribution < 1.29 is 9.53 Å². The molecule has 25 heavy (non-hydrogen) atoms. The number of hydrogen-bond acceptors (Lipinski definition) is 5. The van der Waals surface area contributed by atoms with Crippen molar-refractivity contribution in [1.29, 1.82) is 0 Å². The third-order valence-electron chi connectivity index (χ3n) is 5.03. The molecule has 2 saturated heterocycles. The number of aryl methyl sites for hydroxylation is 1. The molecule has 3 rings (SSSR count). The minimum Gasteiger partial charge on any atom is -0.461 e. The molecule has 1 aromatic heterocycles. The summed E-state index contributed by atoms with van der Waals surface area (Å²) in [7, 11) is 2.07. The first-order chi connectivity index (χ1) is 11.1. The van der Waals surface area contributed by atoms with Gasteiger partial charge in [0.25, 0.3) is 0 Å². The van der Waals surface area contributed by atoms with E-state index in [-0.39, 0.29) is 42.3 Å². The topological polar surface area (TPSA) is 70.2 Å². The molecule has 2 aliphatic rings. The SMILES string of the molecule is CCCc1cc(CN(C)CC2CC3(CCNCC3)C(=O)O2)[nH]n1.Cl.Cl. The van der Waals surface area contributed by atoms with Gasteiger partial charge in [0.05, 0.1) is 11.1 Å². The number of rotatable bonds is 6. The quantitative estimate of drug-likeness (QED) is 0.726. The second-order valence-electron chi connectivity index (χ2n) is 7.09. The Kier molecular flexibility index (Phi) is 8.68. The van der Waals surface area contributed by atoms with Crippen LogP contribution in [-0.2, 0) is 22.5 Å². The lowest BCUT2D eigenvalue weighted by Gasteiger charge is -2.29. The molecule has 0 bridgehead atoms. The summed E-state index contributed by atoms with van der Waals surface area (Å²) < 4.78 is 5.67. The number of nitrogens with zero attached hydrogens (tertiary/aromatic N) is 2. The Morgan fingerprint density at radius 1 is 1.36 bits per heavy atom. The number of halogens is 2. The van der Waals surface area contributed by atoms with E-state index in [4.69, 9.17) is 4.74 Å². The monoisotopic (exact) mass is 392 g/mol. The van der Waals surface area contributed by atoms with Crippen molar-refractivity contribution in [3.05, 3.63) is 17.5 Å². The van der Waals surface area contributed by atoms with Crippen LogP contribution in [0.25, 0.3) is 0 Å². The summed E-state index contributed by atoms with van der Waals surface area (Å²) in [6, 6.07) is 2.13. The maximum atomic E-state index is 12.3. The van der Waals surface area contributed by atoms with Crippen LogP contribution in [0.15, 0.2) is 6.07 Å². The first-order valence-electron chi connectivity index (χ1n) is 8.75. The molecule has 1 atom stereocenters. The van der Waals surface area contributed by atoms with E-state index in [2.05, 4.69) is 40.5 Å². The van der Waals surface area contributed by atoms with Gasteiger partial charge in [-0.05, 0) is 45.5 Å². The number of hydrogen-bond donors (Lipinski definition) is 2. The minimum absolute atomic E-state index is 0. The number of likely N-dealkylation sites (N-methyl/N-ethyl adjacent to an activating group) is 1. The Morgan fingerprint density at radius 2 is 2.08 bits per heavy atom. The molecule has 144 valence electrons. The Bertz CT molecular complexity index is 547. The second-order valence-corrected chi connectivity index (χ2v) is 7.09. The van der Waals surface area contributed by atoms with Crippen molar-refractivity contribution in [1.82, 2.24) is 20.4 Å². The summed E-state index contributed by atoms with van der Waals surface area (Å²) in [4.78, 5) is 14.5. The lowest BCUT2D eigenvalue weighted by molar-refractivity contribution is -0.150. The van der Waals surface area contributed by atoms with Crippen LogP contribution < -0.4 is 5.32 Å². The van der Waals surface area contributed by atoms with E-state index in [9.17, 15) is 4.79 Å². The van der Waals surface area contributed by atoms with Crippen molar-refractivity contribution in [3.63, 3.8) is 0 Å². The first-order valence-corrected chi connectivity index (χ1v) is 8.75. The van der Waals surface area contributed by atoms with Gasteiger partial charge < -0.3 is 10.1 Å². The number of carbonyl (C=O) groups excluding carboxylic acids is 1. The predicted octanol–water partition coefficient (Wildman–Crippen LogP) is 2.32. The van der Waals surface area contributed by atoms with E-state index in [1.54, 1.807) is 0 Å². The molecule has 0 radical (unpaired) electrons. The fraction of sp³-hybridized carbons (Fsp3) is 0.765. The molecule has 2 aliphatic heterocycles. The van der Waals surface area contributed by atoms with Crippen molar-refractivity contribution in [2.24, 2.45) is 5.41 Å². The number of carbonyl (C=O) groups is 1. The van der Waals surface area contributed by atoms with Gasteiger partial charge in [0.2, 0.25) is 0 Å². The third kappa shape index (κ3) is 5.33. The largest absolute Gasteiger partial charge is 0.461 e. The van der Waals surface area contributed by atoms with Gasteiger partial charge in [0, 0.05) is 25.2 Å². The molecular formula is C17H30Cl2N4O2. The van der Waals surface area contributed by atoms with Crippen molar-refractivity contribution in [3.8, 4) is 0 Å². The molecule has 0 aromatic carbocycles. The zero-order valence-electron chi connectivity index (χ0n) is 15.0. The number of cyclic esters (lactones) is 1. The van der Waals surface area contributed by atoms with E-state index in [0.29, 0.717) is 0 Å². The molecular weight excluding hydrogens is 363 g/mol. The Labute approximate surface area is 162 Å². The molecule has 3 heterocycles. The first kappa shape index (κ1) is 22.2. The highest BCUT2D eigenvalue weighted by Crippen LogP contribution is 2.41. The molecule has 1 aromatic rings. The standard InChI is InChI=1S/C17H28N4O2.2ClH/c1-3-4-13-9-14(20-19-13)11-21(2)12-15-10-17(16(22)23-15)5-7-18-8-6-17;;/h9,15,18H,3-8,10-12H2,1-2H3,(H,19,20);2*1H. The number of H-pyrrole nitrogens is 1. The van der Waals surface area contributed by atoms with E-state index in [0.717, 1.165) is 69.7 Å². The minimum atomic E-state index is -0.223. The molecule has 1 unspecified atom stereocenters. The molecule has 6 nitrogen and oxygen atoms in total. The fourth-order valence-electron chi connectivity index (χ4n) is 3.83. The fourth-order valence-corrected chi connectivity index (χ4v) is 3.83. The van der Waals surface area contributed by atoms with Crippen LogP contribution in [0.2, 0.25) is 0 Å². The van der Waals surface area contributed by atoms with Crippen molar-refractivity contribution in [2.75, 3.05) is 26.7 Å². The van der Waals surface area contributed by atoms with Crippen LogP contribution in [0.3, 0.4) is 0 Å². The lowest BCUT2D eigenvalue weighted by Crippen LogP contribution is -2.39. The molecule has 8 heteroatoms. The number of aromatic nitrogens is 2. The average Bonchev–Trinajstić information content (AvgIpc) is 3.06. The van der Waals surface area contributed by atoms with Gasteiger partial charge in [-0.3, -0.25) is 14.8 Å². The molecule has 0 saturated carbocycles. The molecule has 0 aliphatic carbocycles. The summed E-state index contributed by atoms with van der Waals surface area (Å²) in [5, 5.41) is 10.8. The Morgan fingerprint density at radius 3 is 2.76 bits per heavy atom. The van der Waals surface area contributed by atoms with Crippen molar-refractivity contribution >= 4 is 30.8 Å². The van der Waals surface area contributed by atoms with E-state index in [1.807, 2.05) is 0 Å². The van der Waals surface area contributed by atoms with Crippen LogP contribution in [0.4, 0.5) is 0 Å². The van der Waals surface area contributed by atoms with Gasteiger partial charge in [0.15, 0.2) is 0 Å². The van der Waals surface area contributed by atoms with Crippen LogP contribution >= 0.6 is 24.8 Å². The highest BCUT2D eigenvalue weighted by atomic mass is 35.5. The van der Waals surface area contributed by atoms with Gasteiger partial charge in [-0.25, -0.2) is 0 Å². The van der Waals surface area contributed by atoms with Crippen LogP contribution in [-0.4, -0.2) is 53.9 Å². The summed E-state index contributed by atoms with van der Waals surface area (Å²) in [5.74, 6) is 0.0178. The van der Waals surface area contributed by atoms with Crippen molar-refractivity contribution in [2.45, 2.75) is 51.7 Å². The molecule has 0 amide bonds. The number of aromatic amines is 1. The molecule has 1 spiro atoms. The zero-order valence-corrected chi connectivity index (χ0v) is 16.7. The predicted molar refractivity (Wildman–Crippen MR) is 102 cm³/mol. The lowest BCUT2D eigenvalue weighted by atomic mass is 9.76. The van der Waals surface area contributed by atoms with Gasteiger partial charge in [0.1, 0.15) is 6.10 Å². The van der Waals surface area contributed by atoms with Gasteiger partial charge in [-0.2, -0.15) is 5.10 Å². The summed E-state index contributed by atoms with van der Waals surface area (Å²) in [5.41, 5.74) is 2.02. The second kappa shape index (κ2) is 9.76. The smallest absolute Gasteiger partial charge is 0.312 e. The number of piperidine rings is 1. The Balaban J connectivity index is 0.00000156. The van der Waals surface area contributed by atoms with E-state index in [1.165, 1.54) is 0 Å². The molecule has 2 N–H and O–H groups in total. The highest BCUT2D eigenvalue weighted by molar-refractivity contribution is 5.85. The number of esters is 1. The number of nitrogens with one attached hydrogen (secondary N) is 2. The summed E-state index contributed by atoms with van der Waals surface area (Å²) >= 11 is 0. The average molecular weight is 393 g/mol. The maximum Gasteiger partial charge on any atom is 0.312 e. The van der Waals surface area contributed by atoms with Crippen LogP contribution in [0.5, 0.6) is 0 Å². The van der Waals surface area contributed by atoms with Gasteiger partial charge >= 0.3 is 5.97 Å². The van der Waals surface area contributed by atoms with Gasteiger partial charge in [-0.1, -0.05) is 13.3 Å².